The van der Waals surface area contributed by atoms with Crippen molar-refractivity contribution in [2.75, 3.05) is 6.61 Å². The van der Waals surface area contributed by atoms with Gasteiger partial charge in [-0.3, -0.25) is 4.57 Å². The van der Waals surface area contributed by atoms with Crippen molar-refractivity contribution >= 4 is 7.60 Å². The molecule has 1 aromatic carbocycles. The van der Waals surface area contributed by atoms with Crippen LogP contribution in [0.5, 0.6) is 5.75 Å². The summed E-state index contributed by atoms with van der Waals surface area (Å²) in [6, 6.07) is 6.37. The summed E-state index contributed by atoms with van der Waals surface area (Å²) in [5.41, 5.74) is 5.79. The third-order valence-electron chi connectivity index (χ3n) is 1.89. The molecule has 0 spiro atoms. The standard InChI is InChI=1S/C9H14NO4P/c1-2-14-8-5-3-7(4-6-8)9(10)15(11,12)13/h3-6,9H,2,10H2,1H3,(H2,11,12,13)/t9-/m0/s1. The lowest BCUT2D eigenvalue weighted by Crippen LogP contribution is -2.10. The van der Waals surface area contributed by atoms with Crippen molar-refractivity contribution in [2.24, 2.45) is 5.73 Å². The quantitative estimate of drug-likeness (QED) is 0.677. The highest BCUT2D eigenvalue weighted by Crippen LogP contribution is 2.48. The molecule has 5 nitrogen and oxygen atoms in total. The van der Waals surface area contributed by atoms with Crippen molar-refractivity contribution in [1.29, 1.82) is 0 Å². The molecular weight excluding hydrogens is 217 g/mol. The van der Waals surface area contributed by atoms with Gasteiger partial charge in [-0.25, -0.2) is 0 Å². The Morgan fingerprint density at radius 1 is 1.40 bits per heavy atom. The van der Waals surface area contributed by atoms with Crippen LogP contribution in [0.2, 0.25) is 0 Å². The van der Waals surface area contributed by atoms with Gasteiger partial charge in [0.25, 0.3) is 0 Å². The van der Waals surface area contributed by atoms with Crippen LogP contribution in [-0.4, -0.2) is 16.4 Å². The fraction of sp³-hybridized carbons (Fsp3) is 0.333. The van der Waals surface area contributed by atoms with Crippen molar-refractivity contribution in [1.82, 2.24) is 0 Å². The number of rotatable bonds is 4. The molecule has 0 fully saturated rings. The summed E-state index contributed by atoms with van der Waals surface area (Å²) in [6.45, 7) is 2.40. The lowest BCUT2D eigenvalue weighted by molar-refractivity contribution is 0.339. The van der Waals surface area contributed by atoms with Crippen LogP contribution >= 0.6 is 7.60 Å². The van der Waals surface area contributed by atoms with E-state index in [9.17, 15) is 4.57 Å². The molecule has 4 N–H and O–H groups in total. The van der Waals surface area contributed by atoms with Gasteiger partial charge in [0.05, 0.1) is 6.61 Å². The SMILES string of the molecule is CCOc1ccc([C@@H](N)P(=O)(O)O)cc1. The summed E-state index contributed by atoms with van der Waals surface area (Å²) in [6.07, 6.45) is 0. The Labute approximate surface area is 88.0 Å². The topological polar surface area (TPSA) is 92.8 Å². The molecule has 6 heteroatoms. The lowest BCUT2D eigenvalue weighted by Gasteiger charge is -2.13. The second kappa shape index (κ2) is 4.77. The zero-order valence-corrected chi connectivity index (χ0v) is 9.22. The zero-order valence-electron chi connectivity index (χ0n) is 8.33. The van der Waals surface area contributed by atoms with Crippen LogP contribution in [0.15, 0.2) is 24.3 Å². The van der Waals surface area contributed by atoms with Crippen molar-refractivity contribution in [3.8, 4) is 5.75 Å². The fourth-order valence-electron chi connectivity index (χ4n) is 1.12. The van der Waals surface area contributed by atoms with E-state index in [4.69, 9.17) is 20.3 Å². The smallest absolute Gasteiger partial charge is 0.346 e. The molecule has 0 bridgehead atoms. The van der Waals surface area contributed by atoms with Gasteiger partial charge in [-0.2, -0.15) is 0 Å². The van der Waals surface area contributed by atoms with Gasteiger partial charge >= 0.3 is 7.60 Å². The predicted molar refractivity (Wildman–Crippen MR) is 56.6 cm³/mol. The Morgan fingerprint density at radius 2 is 1.93 bits per heavy atom. The molecule has 0 aliphatic heterocycles. The van der Waals surface area contributed by atoms with E-state index in [0.29, 0.717) is 17.9 Å². The van der Waals surface area contributed by atoms with E-state index in [-0.39, 0.29) is 0 Å². The van der Waals surface area contributed by atoms with Gasteiger partial charge in [0.1, 0.15) is 11.5 Å². The largest absolute Gasteiger partial charge is 0.494 e. The van der Waals surface area contributed by atoms with E-state index < -0.39 is 13.4 Å². The summed E-state index contributed by atoms with van der Waals surface area (Å²) in [4.78, 5) is 17.7. The Kier molecular flexibility index (Phi) is 3.88. The van der Waals surface area contributed by atoms with Gasteiger partial charge in [0, 0.05) is 0 Å². The molecular formula is C9H14NO4P. The van der Waals surface area contributed by atoms with E-state index in [2.05, 4.69) is 0 Å². The first-order valence-electron chi connectivity index (χ1n) is 4.48. The van der Waals surface area contributed by atoms with Crippen LogP contribution in [-0.2, 0) is 4.57 Å². The number of ether oxygens (including phenoxy) is 1. The summed E-state index contributed by atoms with van der Waals surface area (Å²) in [7, 11) is -4.27. The Hall–Kier alpha value is -0.870. The Bertz CT molecular complexity index is 359. The fourth-order valence-corrected chi connectivity index (χ4v) is 1.68. The first kappa shape index (κ1) is 12.2. The molecule has 0 saturated heterocycles. The Morgan fingerprint density at radius 3 is 2.33 bits per heavy atom. The number of benzene rings is 1. The first-order valence-corrected chi connectivity index (χ1v) is 6.17. The molecule has 0 aliphatic carbocycles. The van der Waals surface area contributed by atoms with Crippen LogP contribution in [0, 0.1) is 0 Å². The Balaban J connectivity index is 2.84. The highest BCUT2D eigenvalue weighted by atomic mass is 31.2. The summed E-state index contributed by atoms with van der Waals surface area (Å²) in [5, 5.41) is 0. The van der Waals surface area contributed by atoms with E-state index >= 15 is 0 Å². The molecule has 1 aromatic rings. The third-order valence-corrected chi connectivity index (χ3v) is 2.92. The first-order chi connectivity index (χ1) is 6.95. The minimum atomic E-state index is -4.27. The number of hydrogen-bond donors (Lipinski definition) is 3. The second-order valence-electron chi connectivity index (χ2n) is 3.04. The monoisotopic (exact) mass is 231 g/mol. The van der Waals surface area contributed by atoms with Crippen molar-refractivity contribution in [2.45, 2.75) is 12.7 Å². The molecule has 0 amide bonds. The van der Waals surface area contributed by atoms with Crippen molar-refractivity contribution in [3.63, 3.8) is 0 Å². The molecule has 0 aliphatic rings. The van der Waals surface area contributed by atoms with E-state index in [1.807, 2.05) is 6.92 Å². The van der Waals surface area contributed by atoms with Gasteiger partial charge in [0.15, 0.2) is 0 Å². The van der Waals surface area contributed by atoms with Crippen molar-refractivity contribution in [3.05, 3.63) is 29.8 Å². The average Bonchev–Trinajstić information content (AvgIpc) is 2.17. The van der Waals surface area contributed by atoms with Crippen LogP contribution in [0.25, 0.3) is 0 Å². The maximum atomic E-state index is 10.9. The molecule has 0 saturated carbocycles. The maximum Gasteiger partial charge on any atom is 0.346 e. The second-order valence-corrected chi connectivity index (χ2v) is 4.77. The van der Waals surface area contributed by atoms with Crippen LogP contribution in [0.3, 0.4) is 0 Å². The van der Waals surface area contributed by atoms with Gasteiger partial charge < -0.3 is 20.3 Å². The molecule has 1 atom stereocenters. The predicted octanol–water partition coefficient (Wildman–Crippen LogP) is 1.22. The van der Waals surface area contributed by atoms with Crippen LogP contribution < -0.4 is 10.5 Å². The summed E-state index contributed by atoms with van der Waals surface area (Å²) in [5.74, 6) is -0.618. The number of hydrogen-bond acceptors (Lipinski definition) is 3. The van der Waals surface area contributed by atoms with Gasteiger partial charge in [-0.05, 0) is 24.6 Å². The molecule has 0 heterocycles. The summed E-state index contributed by atoms with van der Waals surface area (Å²) < 4.78 is 16.1. The van der Waals surface area contributed by atoms with E-state index in [1.54, 1.807) is 24.3 Å². The minimum absolute atomic E-state index is 0.395. The van der Waals surface area contributed by atoms with Crippen LogP contribution in [0.1, 0.15) is 18.3 Å². The average molecular weight is 231 g/mol. The molecule has 0 unspecified atom stereocenters. The molecule has 0 radical (unpaired) electrons. The van der Waals surface area contributed by atoms with Gasteiger partial charge in [-0.1, -0.05) is 12.1 Å². The third kappa shape index (κ3) is 3.32. The van der Waals surface area contributed by atoms with Crippen LogP contribution in [0.4, 0.5) is 0 Å². The highest BCUT2D eigenvalue weighted by molar-refractivity contribution is 7.52. The highest BCUT2D eigenvalue weighted by Gasteiger charge is 2.25. The van der Waals surface area contributed by atoms with Crippen molar-refractivity contribution < 1.29 is 19.1 Å². The lowest BCUT2D eigenvalue weighted by atomic mass is 10.2. The molecule has 84 valence electrons. The van der Waals surface area contributed by atoms with Gasteiger partial charge in [0.2, 0.25) is 0 Å². The number of nitrogens with two attached hydrogens (primary N) is 1. The maximum absolute atomic E-state index is 10.9. The normalized spacial score (nSPS) is 13.6. The summed E-state index contributed by atoms with van der Waals surface area (Å²) >= 11 is 0. The van der Waals surface area contributed by atoms with Gasteiger partial charge in [-0.15, -0.1) is 0 Å². The minimum Gasteiger partial charge on any atom is -0.494 e. The molecule has 0 aromatic heterocycles. The molecule has 1 rings (SSSR count). The van der Waals surface area contributed by atoms with E-state index in [0.717, 1.165) is 0 Å². The van der Waals surface area contributed by atoms with E-state index in [1.165, 1.54) is 0 Å². The molecule has 15 heavy (non-hydrogen) atoms. The zero-order chi connectivity index (χ0) is 11.5.